The smallest absolute Gasteiger partial charge is 0.324 e. The Morgan fingerprint density at radius 3 is 2.48 bits per heavy atom. The molecule has 0 aliphatic rings. The maximum Gasteiger partial charge on any atom is 0.324 e. The number of hydrogen-bond donors (Lipinski definition) is 3. The predicted octanol–water partition coefficient (Wildman–Crippen LogP) is 4.67. The van der Waals surface area contributed by atoms with Crippen molar-refractivity contribution < 1.29 is 14.6 Å². The normalized spacial score (nSPS) is 10.7. The molecule has 2 aromatic carbocycles. The summed E-state index contributed by atoms with van der Waals surface area (Å²) in [4.78, 5) is 25.7. The van der Waals surface area contributed by atoms with Gasteiger partial charge in [0.2, 0.25) is 0 Å². The van der Waals surface area contributed by atoms with E-state index in [0.717, 1.165) is 16.7 Å². The second-order valence-corrected chi connectivity index (χ2v) is 7.14. The summed E-state index contributed by atoms with van der Waals surface area (Å²) in [6, 6.07) is 14.0. The zero-order chi connectivity index (χ0) is 22.0. The number of rotatable bonds is 4. The Labute approximate surface area is 179 Å². The van der Waals surface area contributed by atoms with E-state index >= 15 is 0 Å². The molecule has 31 heavy (non-hydrogen) atoms. The van der Waals surface area contributed by atoms with Gasteiger partial charge in [-0.2, -0.15) is 0 Å². The Hall–Kier alpha value is -4.20. The molecule has 4 aromatic rings. The van der Waals surface area contributed by atoms with E-state index in [1.165, 1.54) is 13.3 Å². The van der Waals surface area contributed by atoms with Crippen molar-refractivity contribution in [3.8, 4) is 22.8 Å². The zero-order valence-electron chi connectivity index (χ0n) is 17.3. The molecular weight excluding hydrogens is 394 g/mol. The number of ether oxygens (including phenoxy) is 1. The van der Waals surface area contributed by atoms with Crippen LogP contribution in [0.5, 0.6) is 11.5 Å². The lowest BCUT2D eigenvalue weighted by Crippen LogP contribution is -2.20. The van der Waals surface area contributed by atoms with E-state index in [1.54, 1.807) is 24.3 Å². The van der Waals surface area contributed by atoms with Crippen molar-refractivity contribution in [2.45, 2.75) is 13.8 Å². The molecule has 0 aliphatic heterocycles. The molecule has 2 aromatic heterocycles. The van der Waals surface area contributed by atoms with Gasteiger partial charge in [0, 0.05) is 11.3 Å². The number of amides is 2. The van der Waals surface area contributed by atoms with Crippen molar-refractivity contribution in [3.63, 3.8) is 0 Å². The number of benzene rings is 2. The lowest BCUT2D eigenvalue weighted by atomic mass is 10.1. The monoisotopic (exact) mass is 415 g/mol. The Balaban J connectivity index is 1.57. The van der Waals surface area contributed by atoms with Gasteiger partial charge >= 0.3 is 6.03 Å². The summed E-state index contributed by atoms with van der Waals surface area (Å²) in [5.41, 5.74) is 5.18. The van der Waals surface area contributed by atoms with Gasteiger partial charge in [-0.25, -0.2) is 19.7 Å². The second-order valence-electron chi connectivity index (χ2n) is 7.14. The Morgan fingerprint density at radius 2 is 1.74 bits per heavy atom. The van der Waals surface area contributed by atoms with E-state index in [9.17, 15) is 9.90 Å². The average Bonchev–Trinajstić information content (AvgIpc) is 2.72. The topological polar surface area (TPSA) is 109 Å². The van der Waals surface area contributed by atoms with Crippen LogP contribution in [0.25, 0.3) is 22.4 Å². The molecule has 8 nitrogen and oxygen atoms in total. The Bertz CT molecular complexity index is 1270. The minimum atomic E-state index is -0.418. The SMILES string of the molecule is COc1cc(-c2ccc3ncc(NC(=O)Nc4cc(C)cc(C)c4)nc3n2)ccc1O. The van der Waals surface area contributed by atoms with Crippen LogP contribution in [0.4, 0.5) is 16.3 Å². The number of aryl methyl sites for hydroxylation is 2. The van der Waals surface area contributed by atoms with Crippen molar-refractivity contribution in [2.75, 3.05) is 17.7 Å². The van der Waals surface area contributed by atoms with Gasteiger partial charge in [-0.05, 0) is 67.4 Å². The van der Waals surface area contributed by atoms with Gasteiger partial charge in [0.05, 0.1) is 19.0 Å². The molecule has 0 bridgehead atoms. The number of urea groups is 1. The molecule has 2 amide bonds. The van der Waals surface area contributed by atoms with E-state index in [2.05, 4.69) is 25.6 Å². The number of fused-ring (bicyclic) bond motifs is 1. The lowest BCUT2D eigenvalue weighted by Gasteiger charge is -2.09. The van der Waals surface area contributed by atoms with Gasteiger partial charge in [-0.15, -0.1) is 0 Å². The number of aromatic hydroxyl groups is 1. The van der Waals surface area contributed by atoms with Crippen molar-refractivity contribution in [3.05, 3.63) is 65.9 Å². The van der Waals surface area contributed by atoms with Crippen molar-refractivity contribution in [1.29, 1.82) is 0 Å². The number of anilines is 2. The van der Waals surface area contributed by atoms with Gasteiger partial charge < -0.3 is 15.2 Å². The van der Waals surface area contributed by atoms with Crippen LogP contribution >= 0.6 is 0 Å². The number of phenolic OH excluding ortho intramolecular Hbond substituents is 1. The third kappa shape index (κ3) is 4.53. The number of carbonyl (C=O) groups is 1. The van der Waals surface area contributed by atoms with E-state index in [0.29, 0.717) is 28.3 Å². The largest absolute Gasteiger partial charge is 0.504 e. The van der Waals surface area contributed by atoms with E-state index in [4.69, 9.17) is 4.74 Å². The highest BCUT2D eigenvalue weighted by molar-refractivity contribution is 5.99. The molecule has 0 aliphatic carbocycles. The summed E-state index contributed by atoms with van der Waals surface area (Å²) < 4.78 is 5.16. The second kappa shape index (κ2) is 8.27. The van der Waals surface area contributed by atoms with Gasteiger partial charge in [-0.1, -0.05) is 6.07 Å². The number of methoxy groups -OCH3 is 1. The molecule has 0 unspecified atom stereocenters. The van der Waals surface area contributed by atoms with Crippen LogP contribution in [0, 0.1) is 13.8 Å². The molecule has 4 rings (SSSR count). The molecule has 0 saturated carbocycles. The summed E-state index contributed by atoms with van der Waals surface area (Å²) in [6.07, 6.45) is 1.48. The van der Waals surface area contributed by atoms with Crippen molar-refractivity contribution in [2.24, 2.45) is 0 Å². The summed E-state index contributed by atoms with van der Waals surface area (Å²) in [5.74, 6) is 0.680. The van der Waals surface area contributed by atoms with E-state index in [1.807, 2.05) is 38.1 Å². The Morgan fingerprint density at radius 1 is 0.968 bits per heavy atom. The Kier molecular flexibility index (Phi) is 5.36. The van der Waals surface area contributed by atoms with Gasteiger partial charge in [0.15, 0.2) is 23.0 Å². The molecule has 0 radical (unpaired) electrons. The number of pyridine rings is 1. The number of phenols is 1. The standard InChI is InChI=1S/C23H21N5O3/c1-13-8-14(2)10-16(9-13)25-23(30)28-21-12-24-18-6-5-17(26-22(18)27-21)15-4-7-19(29)20(11-15)31-3/h4-12,29H,1-3H3,(H2,25,26,27,28,30). The van der Waals surface area contributed by atoms with Gasteiger partial charge in [-0.3, -0.25) is 5.32 Å². The molecule has 0 atom stereocenters. The number of nitrogens with zero attached hydrogens (tertiary/aromatic N) is 3. The van der Waals surface area contributed by atoms with Gasteiger partial charge in [0.25, 0.3) is 0 Å². The third-order valence-corrected chi connectivity index (χ3v) is 4.60. The highest BCUT2D eigenvalue weighted by Gasteiger charge is 2.10. The average molecular weight is 415 g/mol. The molecule has 8 heteroatoms. The summed E-state index contributed by atoms with van der Waals surface area (Å²) in [5, 5.41) is 15.3. The first-order valence-corrected chi connectivity index (χ1v) is 9.59. The highest BCUT2D eigenvalue weighted by atomic mass is 16.5. The van der Waals surface area contributed by atoms with Crippen LogP contribution < -0.4 is 15.4 Å². The first-order valence-electron chi connectivity index (χ1n) is 9.59. The molecule has 156 valence electrons. The highest BCUT2D eigenvalue weighted by Crippen LogP contribution is 2.31. The quantitative estimate of drug-likeness (QED) is 0.447. The van der Waals surface area contributed by atoms with E-state index < -0.39 is 6.03 Å². The third-order valence-electron chi connectivity index (χ3n) is 4.60. The van der Waals surface area contributed by atoms with E-state index in [-0.39, 0.29) is 11.6 Å². The molecule has 3 N–H and O–H groups in total. The van der Waals surface area contributed by atoms with Crippen LogP contribution in [0.3, 0.4) is 0 Å². The molecule has 0 saturated heterocycles. The number of carbonyl (C=O) groups excluding carboxylic acids is 1. The fourth-order valence-corrected chi connectivity index (χ4v) is 3.28. The van der Waals surface area contributed by atoms with Gasteiger partial charge in [0.1, 0.15) is 5.52 Å². The van der Waals surface area contributed by atoms with Crippen LogP contribution in [0.1, 0.15) is 11.1 Å². The first-order chi connectivity index (χ1) is 14.9. The summed E-state index contributed by atoms with van der Waals surface area (Å²) in [7, 11) is 1.49. The lowest BCUT2D eigenvalue weighted by molar-refractivity contribution is 0.262. The number of hydrogen-bond acceptors (Lipinski definition) is 6. The van der Waals surface area contributed by atoms with Crippen LogP contribution in [0.15, 0.2) is 54.7 Å². The molecular formula is C23H21N5O3. The maximum absolute atomic E-state index is 12.4. The predicted molar refractivity (Wildman–Crippen MR) is 120 cm³/mol. The molecule has 0 fully saturated rings. The van der Waals surface area contributed by atoms with Crippen LogP contribution in [0.2, 0.25) is 0 Å². The first kappa shape index (κ1) is 20.1. The fourth-order valence-electron chi connectivity index (χ4n) is 3.28. The summed E-state index contributed by atoms with van der Waals surface area (Å²) in [6.45, 7) is 3.94. The van der Waals surface area contributed by atoms with Crippen molar-refractivity contribution in [1.82, 2.24) is 15.0 Å². The minimum absolute atomic E-state index is 0.0492. The number of aromatic nitrogens is 3. The fraction of sp³-hybridized carbons (Fsp3) is 0.130. The van der Waals surface area contributed by atoms with Crippen molar-refractivity contribution >= 4 is 28.7 Å². The maximum atomic E-state index is 12.4. The summed E-state index contributed by atoms with van der Waals surface area (Å²) >= 11 is 0. The van der Waals surface area contributed by atoms with Crippen LogP contribution in [-0.4, -0.2) is 33.2 Å². The number of nitrogens with one attached hydrogen (secondary N) is 2. The zero-order valence-corrected chi connectivity index (χ0v) is 17.3. The van der Waals surface area contributed by atoms with Crippen LogP contribution in [-0.2, 0) is 0 Å². The minimum Gasteiger partial charge on any atom is -0.504 e. The molecule has 0 spiro atoms. The molecule has 2 heterocycles.